The van der Waals surface area contributed by atoms with Crippen molar-refractivity contribution in [3.05, 3.63) is 69.8 Å². The number of Topliss-reactive ketones (excluding diaryl/α,β-unsaturated/α-hetero) is 2. The van der Waals surface area contributed by atoms with Crippen LogP contribution in [0.2, 0.25) is 0 Å². The summed E-state index contributed by atoms with van der Waals surface area (Å²) in [7, 11) is 3.14. The lowest BCUT2D eigenvalue weighted by Gasteiger charge is -2.50. The zero-order valence-electron chi connectivity index (χ0n) is 21.0. The predicted octanol–water partition coefficient (Wildman–Crippen LogP) is 0.582. The molecule has 5 rings (SSSR count). The summed E-state index contributed by atoms with van der Waals surface area (Å²) in [6, 6.07) is 5.89. The third kappa shape index (κ3) is 3.65. The van der Waals surface area contributed by atoms with Crippen molar-refractivity contribution in [1.29, 1.82) is 0 Å². The molecule has 0 bridgehead atoms. The molecule has 0 unspecified atom stereocenters. The molecular formula is C27H30N4O7. The van der Waals surface area contributed by atoms with Gasteiger partial charge in [-0.2, -0.15) is 0 Å². The number of nitrogens with one attached hydrogen (secondary N) is 2. The summed E-state index contributed by atoms with van der Waals surface area (Å²) in [5.41, 5.74) is 4.24. The minimum absolute atomic E-state index is 0.0523. The number of aromatic hydroxyl groups is 1. The van der Waals surface area contributed by atoms with E-state index in [2.05, 4.69) is 10.3 Å². The van der Waals surface area contributed by atoms with E-state index in [-0.39, 0.29) is 29.7 Å². The highest BCUT2D eigenvalue weighted by molar-refractivity contribution is 6.24. The molecule has 0 radical (unpaired) electrons. The molecular weight excluding hydrogens is 492 g/mol. The number of ketones is 2. The van der Waals surface area contributed by atoms with Crippen LogP contribution in [-0.2, 0) is 33.9 Å². The van der Waals surface area contributed by atoms with E-state index >= 15 is 0 Å². The first-order valence-electron chi connectivity index (χ1n) is 12.3. The molecule has 1 amide bonds. The van der Waals surface area contributed by atoms with Crippen LogP contribution in [0.1, 0.15) is 28.8 Å². The molecule has 200 valence electrons. The lowest BCUT2D eigenvalue weighted by Crippen LogP contribution is -2.65. The number of aromatic nitrogens is 1. The Kier molecular flexibility index (Phi) is 6.17. The fourth-order valence-electron chi connectivity index (χ4n) is 6.28. The monoisotopic (exact) mass is 522 g/mol. The summed E-state index contributed by atoms with van der Waals surface area (Å²) < 4.78 is 0. The van der Waals surface area contributed by atoms with E-state index in [9.17, 15) is 34.8 Å². The Morgan fingerprint density at radius 1 is 1.18 bits per heavy atom. The molecule has 4 atom stereocenters. The van der Waals surface area contributed by atoms with E-state index in [0.29, 0.717) is 18.7 Å². The molecule has 11 heteroatoms. The number of amides is 1. The molecule has 8 N–H and O–H groups in total. The lowest BCUT2D eigenvalue weighted by atomic mass is 9.57. The van der Waals surface area contributed by atoms with Crippen molar-refractivity contribution >= 4 is 23.2 Å². The maximum atomic E-state index is 13.8. The number of likely N-dealkylation sites (N-methyl/N-ethyl adjacent to an activating group) is 1. The molecule has 1 heterocycles. The number of carbonyl (C=O) groups is 3. The van der Waals surface area contributed by atoms with Crippen LogP contribution in [0.25, 0.3) is 5.76 Å². The van der Waals surface area contributed by atoms with E-state index in [1.165, 1.54) is 11.0 Å². The number of nitrogens with zero attached hydrogens (tertiary/aromatic N) is 1. The van der Waals surface area contributed by atoms with Crippen LogP contribution < -0.4 is 11.1 Å². The number of aliphatic hydroxyl groups excluding tert-OH is 2. The predicted molar refractivity (Wildman–Crippen MR) is 136 cm³/mol. The van der Waals surface area contributed by atoms with Gasteiger partial charge in [0, 0.05) is 36.5 Å². The van der Waals surface area contributed by atoms with Crippen LogP contribution >= 0.6 is 0 Å². The number of nitrogens with two attached hydrogens (primary N) is 1. The van der Waals surface area contributed by atoms with E-state index < -0.39 is 58.0 Å². The first kappa shape index (κ1) is 25.7. The highest BCUT2D eigenvalue weighted by Gasteiger charge is 2.64. The lowest BCUT2D eigenvalue weighted by molar-refractivity contribution is -0.153. The van der Waals surface area contributed by atoms with Crippen LogP contribution in [0, 0.1) is 11.8 Å². The quantitative estimate of drug-likeness (QED) is 0.266. The Hall–Kier alpha value is -3.93. The van der Waals surface area contributed by atoms with Gasteiger partial charge < -0.3 is 36.5 Å². The van der Waals surface area contributed by atoms with E-state index in [4.69, 9.17) is 5.73 Å². The average molecular weight is 523 g/mol. The number of phenols is 1. The average Bonchev–Trinajstić information content (AvgIpc) is 3.36. The number of H-pyrrole nitrogens is 1. The van der Waals surface area contributed by atoms with Crippen LogP contribution in [0.5, 0.6) is 5.75 Å². The van der Waals surface area contributed by atoms with Crippen molar-refractivity contribution < 1.29 is 34.8 Å². The third-order valence-electron chi connectivity index (χ3n) is 7.99. The Labute approximate surface area is 218 Å². The van der Waals surface area contributed by atoms with Crippen LogP contribution in [0.15, 0.2) is 47.4 Å². The van der Waals surface area contributed by atoms with E-state index in [1.807, 2.05) is 18.3 Å². The summed E-state index contributed by atoms with van der Waals surface area (Å²) in [6.45, 7) is 0.982. The van der Waals surface area contributed by atoms with Gasteiger partial charge >= 0.3 is 0 Å². The van der Waals surface area contributed by atoms with Gasteiger partial charge in [0.1, 0.15) is 22.8 Å². The highest BCUT2D eigenvalue weighted by atomic mass is 16.3. The minimum atomic E-state index is -2.64. The summed E-state index contributed by atoms with van der Waals surface area (Å²) in [5, 5.41) is 47.8. The second-order valence-electron chi connectivity index (χ2n) is 10.4. The maximum Gasteiger partial charge on any atom is 0.255 e. The number of fused-ring (bicyclic) bond motifs is 3. The van der Waals surface area contributed by atoms with Gasteiger partial charge in [-0.3, -0.25) is 19.3 Å². The van der Waals surface area contributed by atoms with Gasteiger partial charge in [0.05, 0.1) is 11.6 Å². The third-order valence-corrected chi connectivity index (χ3v) is 7.99. The van der Waals surface area contributed by atoms with E-state index in [1.54, 1.807) is 20.2 Å². The van der Waals surface area contributed by atoms with Gasteiger partial charge in [-0.15, -0.1) is 0 Å². The van der Waals surface area contributed by atoms with Crippen molar-refractivity contribution in [2.24, 2.45) is 17.6 Å². The molecule has 1 saturated carbocycles. The van der Waals surface area contributed by atoms with Gasteiger partial charge in [-0.05, 0) is 62.2 Å². The molecule has 0 aliphatic heterocycles. The Morgan fingerprint density at radius 2 is 1.92 bits per heavy atom. The molecule has 2 aromatic rings. The van der Waals surface area contributed by atoms with Gasteiger partial charge in [-0.25, -0.2) is 0 Å². The Bertz CT molecular complexity index is 1410. The van der Waals surface area contributed by atoms with Gasteiger partial charge in [0.2, 0.25) is 5.78 Å². The fourth-order valence-corrected chi connectivity index (χ4v) is 6.28. The number of hydrogen-bond acceptors (Lipinski definition) is 9. The zero-order chi connectivity index (χ0) is 27.5. The smallest absolute Gasteiger partial charge is 0.255 e. The first-order valence-corrected chi connectivity index (χ1v) is 12.3. The number of benzene rings is 1. The molecule has 3 aliphatic rings. The normalized spacial score (nSPS) is 26.9. The molecule has 1 fully saturated rings. The van der Waals surface area contributed by atoms with Crippen molar-refractivity contribution in [2.45, 2.75) is 37.6 Å². The summed E-state index contributed by atoms with van der Waals surface area (Å²) in [6.07, 6.45) is 2.13. The molecule has 0 saturated heterocycles. The van der Waals surface area contributed by atoms with Crippen LogP contribution in [0.4, 0.5) is 0 Å². The molecule has 38 heavy (non-hydrogen) atoms. The Morgan fingerprint density at radius 3 is 2.55 bits per heavy atom. The largest absolute Gasteiger partial charge is 0.508 e. The molecule has 3 aliphatic carbocycles. The minimum Gasteiger partial charge on any atom is -0.508 e. The standard InChI is InChI=1S/C27H30N4O7/c1-31(2)21-16-9-13-8-15-12(10-29-11-14-4-3-7-30-14)5-6-17(32)19(15)22(33)18(13)24(35)27(16,38)25(36)20(23(21)34)26(28)37/h3-7,13,16,21,29-30,32-33,36,38H,8-11H2,1-2H3,(H2,28,37)/t13-,16-,21+,27+/m0/s1. The Balaban J connectivity index is 1.60. The van der Waals surface area contributed by atoms with Crippen molar-refractivity contribution in [3.8, 4) is 5.75 Å². The number of rotatable bonds is 6. The molecule has 1 aromatic carbocycles. The van der Waals surface area contributed by atoms with Crippen molar-refractivity contribution in [3.63, 3.8) is 0 Å². The molecule has 0 spiro atoms. The second kappa shape index (κ2) is 9.12. The number of hydrogen-bond donors (Lipinski definition) is 7. The summed E-state index contributed by atoms with van der Waals surface area (Å²) in [4.78, 5) is 43.7. The van der Waals surface area contributed by atoms with Crippen molar-refractivity contribution in [2.75, 3.05) is 14.1 Å². The number of phenolic OH excluding ortho intramolecular Hbond substituents is 1. The van der Waals surface area contributed by atoms with E-state index in [0.717, 1.165) is 11.3 Å². The second-order valence-corrected chi connectivity index (χ2v) is 10.4. The van der Waals surface area contributed by atoms with Crippen molar-refractivity contribution in [1.82, 2.24) is 15.2 Å². The first-order chi connectivity index (χ1) is 18.0. The summed E-state index contributed by atoms with van der Waals surface area (Å²) >= 11 is 0. The van der Waals surface area contributed by atoms with Gasteiger partial charge in [0.15, 0.2) is 11.4 Å². The fraction of sp³-hybridized carbons (Fsp3) is 0.370. The highest BCUT2D eigenvalue weighted by Crippen LogP contribution is 2.52. The van der Waals surface area contributed by atoms with Crippen LogP contribution in [0.3, 0.4) is 0 Å². The van der Waals surface area contributed by atoms with Gasteiger partial charge in [-0.1, -0.05) is 6.07 Å². The van der Waals surface area contributed by atoms with Crippen LogP contribution in [-0.4, -0.2) is 73.5 Å². The SMILES string of the molecule is CN(C)[C@H]1C(=O)C(C(N)=O)=C(O)[C@]2(O)C(=O)C3=C(O)c4c(O)ccc(CNCc5ccc[nH]5)c4C[C@H]3C[C@@H]12. The number of carbonyl (C=O) groups excluding carboxylic acids is 3. The number of aromatic amines is 1. The maximum absolute atomic E-state index is 13.8. The summed E-state index contributed by atoms with van der Waals surface area (Å²) in [5.74, 6) is -6.60. The molecule has 1 aromatic heterocycles. The zero-order valence-corrected chi connectivity index (χ0v) is 21.0. The topological polar surface area (TPSA) is 189 Å². The molecule has 11 nitrogen and oxygen atoms in total. The van der Waals surface area contributed by atoms with Gasteiger partial charge in [0.25, 0.3) is 5.91 Å². The number of aliphatic hydroxyl groups is 3. The number of primary amides is 1.